The van der Waals surface area contributed by atoms with Crippen LogP contribution in [0.15, 0.2) is 6.07 Å². The van der Waals surface area contributed by atoms with E-state index in [2.05, 4.69) is 30.4 Å². The molecule has 0 radical (unpaired) electrons. The van der Waals surface area contributed by atoms with Gasteiger partial charge in [0.1, 0.15) is 0 Å². The largest absolute Gasteiger partial charge is 0.272 e. The van der Waals surface area contributed by atoms with E-state index in [1.54, 1.807) is 0 Å². The first-order chi connectivity index (χ1) is 8.06. The molecule has 1 aromatic rings. The summed E-state index contributed by atoms with van der Waals surface area (Å²) in [6, 6.07) is 2.43. The number of hydrogen-bond acceptors (Lipinski definition) is 4. The Kier molecular flexibility index (Phi) is 6.02. The molecule has 0 spiro atoms. The van der Waals surface area contributed by atoms with E-state index in [1.807, 2.05) is 30.4 Å². The Morgan fingerprint density at radius 1 is 1.59 bits per heavy atom. The summed E-state index contributed by atoms with van der Waals surface area (Å²) < 4.78 is 1.94. The van der Waals surface area contributed by atoms with Gasteiger partial charge in [0, 0.05) is 36.2 Å². The second-order valence-electron chi connectivity index (χ2n) is 4.52. The predicted molar refractivity (Wildman–Crippen MR) is 75.0 cm³/mol. The van der Waals surface area contributed by atoms with Crippen LogP contribution in [0, 0.1) is 6.92 Å². The third-order valence-electron chi connectivity index (χ3n) is 2.95. The predicted octanol–water partition coefficient (Wildman–Crippen LogP) is 1.63. The zero-order valence-corrected chi connectivity index (χ0v) is 12.0. The molecule has 4 nitrogen and oxygen atoms in total. The molecule has 0 aliphatic rings. The van der Waals surface area contributed by atoms with Gasteiger partial charge in [-0.1, -0.05) is 13.8 Å². The first-order valence-corrected chi connectivity index (χ1v) is 7.19. The maximum Gasteiger partial charge on any atom is 0.0596 e. The highest BCUT2D eigenvalue weighted by Gasteiger charge is 2.12. The molecule has 3 N–H and O–H groups in total. The Hall–Kier alpha value is -0.520. The Bertz CT molecular complexity index is 337. The van der Waals surface area contributed by atoms with Gasteiger partial charge in [-0.3, -0.25) is 16.0 Å². The van der Waals surface area contributed by atoms with Crippen molar-refractivity contribution in [2.75, 3.05) is 5.75 Å². The second kappa shape index (κ2) is 7.03. The van der Waals surface area contributed by atoms with E-state index in [0.717, 1.165) is 17.9 Å². The van der Waals surface area contributed by atoms with E-state index in [-0.39, 0.29) is 0 Å². The summed E-state index contributed by atoms with van der Waals surface area (Å²) in [6.07, 6.45) is 2.13. The Morgan fingerprint density at radius 3 is 2.76 bits per heavy atom. The maximum atomic E-state index is 5.61. The van der Waals surface area contributed by atoms with Crippen LogP contribution in [0.2, 0.25) is 0 Å². The summed E-state index contributed by atoms with van der Waals surface area (Å²) in [4.78, 5) is 0. The van der Waals surface area contributed by atoms with Crippen LogP contribution < -0.4 is 11.3 Å². The van der Waals surface area contributed by atoms with E-state index >= 15 is 0 Å². The average Bonchev–Trinajstić information content (AvgIpc) is 2.62. The number of aromatic nitrogens is 2. The zero-order valence-electron chi connectivity index (χ0n) is 11.2. The highest BCUT2D eigenvalue weighted by molar-refractivity contribution is 7.99. The number of thioether (sulfide) groups is 1. The van der Waals surface area contributed by atoms with E-state index in [0.29, 0.717) is 11.3 Å². The van der Waals surface area contributed by atoms with Crippen molar-refractivity contribution in [2.24, 2.45) is 12.9 Å². The van der Waals surface area contributed by atoms with Crippen molar-refractivity contribution in [1.29, 1.82) is 0 Å². The van der Waals surface area contributed by atoms with Gasteiger partial charge in [0.2, 0.25) is 0 Å². The monoisotopic (exact) mass is 256 g/mol. The van der Waals surface area contributed by atoms with Crippen molar-refractivity contribution in [2.45, 2.75) is 44.9 Å². The van der Waals surface area contributed by atoms with Crippen LogP contribution in [0.5, 0.6) is 0 Å². The van der Waals surface area contributed by atoms with Gasteiger partial charge in [0.05, 0.1) is 5.69 Å². The summed E-state index contributed by atoms with van der Waals surface area (Å²) >= 11 is 1.97. The van der Waals surface area contributed by atoms with Gasteiger partial charge in [-0.05, 0) is 19.4 Å². The van der Waals surface area contributed by atoms with E-state index in [9.17, 15) is 0 Å². The molecule has 0 bridgehead atoms. The Balaban J connectivity index is 2.49. The van der Waals surface area contributed by atoms with Crippen LogP contribution >= 0.6 is 11.8 Å². The normalized spacial score (nSPS) is 14.9. The molecule has 0 amide bonds. The van der Waals surface area contributed by atoms with Gasteiger partial charge in [-0.15, -0.1) is 0 Å². The van der Waals surface area contributed by atoms with Crippen LogP contribution in [-0.2, 0) is 13.5 Å². The second-order valence-corrected chi connectivity index (χ2v) is 5.99. The quantitative estimate of drug-likeness (QED) is 0.575. The lowest BCUT2D eigenvalue weighted by atomic mass is 10.2. The molecule has 0 saturated heterocycles. The van der Waals surface area contributed by atoms with Crippen LogP contribution in [0.4, 0.5) is 0 Å². The van der Waals surface area contributed by atoms with Crippen LogP contribution in [0.1, 0.15) is 31.7 Å². The molecule has 5 heteroatoms. The molecule has 1 heterocycles. The minimum absolute atomic E-state index is 0.309. The van der Waals surface area contributed by atoms with E-state index in [1.165, 1.54) is 12.1 Å². The van der Waals surface area contributed by atoms with Gasteiger partial charge in [-0.2, -0.15) is 16.9 Å². The van der Waals surface area contributed by atoms with Crippen molar-refractivity contribution in [3.63, 3.8) is 0 Å². The van der Waals surface area contributed by atoms with Crippen LogP contribution in [-0.4, -0.2) is 26.8 Å². The Labute approximate surface area is 108 Å². The van der Waals surface area contributed by atoms with E-state index < -0.39 is 0 Å². The number of hydrazine groups is 1. The lowest BCUT2D eigenvalue weighted by Gasteiger charge is -2.17. The number of nitrogens with zero attached hydrogens (tertiary/aromatic N) is 2. The van der Waals surface area contributed by atoms with Gasteiger partial charge >= 0.3 is 0 Å². The minimum Gasteiger partial charge on any atom is -0.272 e. The molecule has 0 aliphatic heterocycles. The average molecular weight is 256 g/mol. The maximum absolute atomic E-state index is 5.61. The zero-order chi connectivity index (χ0) is 12.8. The third kappa shape index (κ3) is 4.69. The fourth-order valence-electron chi connectivity index (χ4n) is 1.67. The molecule has 0 fully saturated rings. The van der Waals surface area contributed by atoms with Crippen molar-refractivity contribution >= 4 is 11.8 Å². The number of nitrogens with two attached hydrogens (primary N) is 1. The molecule has 1 rings (SSSR count). The van der Waals surface area contributed by atoms with Gasteiger partial charge < -0.3 is 0 Å². The molecule has 0 saturated carbocycles. The van der Waals surface area contributed by atoms with Crippen molar-refractivity contribution in [3.05, 3.63) is 17.5 Å². The highest BCUT2D eigenvalue weighted by atomic mass is 32.2. The minimum atomic E-state index is 0.309. The number of nitrogens with one attached hydrogen (secondary N) is 1. The number of aryl methyl sites for hydroxylation is 2. The topological polar surface area (TPSA) is 55.9 Å². The van der Waals surface area contributed by atoms with Crippen LogP contribution in [0.3, 0.4) is 0 Å². The fourth-order valence-corrected chi connectivity index (χ4v) is 2.68. The molecule has 2 unspecified atom stereocenters. The summed E-state index contributed by atoms with van der Waals surface area (Å²) in [6.45, 7) is 6.49. The fraction of sp³-hybridized carbons (Fsp3) is 0.750. The molecule has 0 aliphatic carbocycles. The molecule has 1 aromatic heterocycles. The number of hydrogen-bond donors (Lipinski definition) is 2. The van der Waals surface area contributed by atoms with E-state index in [4.69, 9.17) is 5.84 Å². The van der Waals surface area contributed by atoms with Crippen molar-refractivity contribution in [3.8, 4) is 0 Å². The smallest absolute Gasteiger partial charge is 0.0596 e. The lowest BCUT2D eigenvalue weighted by Crippen LogP contribution is -2.39. The van der Waals surface area contributed by atoms with Gasteiger partial charge in [-0.25, -0.2) is 0 Å². The first kappa shape index (κ1) is 14.5. The van der Waals surface area contributed by atoms with Gasteiger partial charge in [0.15, 0.2) is 0 Å². The molecular formula is C12H24N4S. The van der Waals surface area contributed by atoms with Gasteiger partial charge in [0.25, 0.3) is 0 Å². The SMILES string of the molecule is CCC(C)SCC(Cc1cc(C)nn1C)NN. The van der Waals surface area contributed by atoms with Crippen molar-refractivity contribution < 1.29 is 0 Å². The first-order valence-electron chi connectivity index (χ1n) is 6.14. The molecule has 17 heavy (non-hydrogen) atoms. The molecule has 98 valence electrons. The summed E-state index contributed by atoms with van der Waals surface area (Å²) in [7, 11) is 1.98. The lowest BCUT2D eigenvalue weighted by molar-refractivity contribution is 0.550. The summed E-state index contributed by atoms with van der Waals surface area (Å²) in [5.41, 5.74) is 5.20. The van der Waals surface area contributed by atoms with Crippen molar-refractivity contribution in [1.82, 2.24) is 15.2 Å². The number of rotatable bonds is 7. The standard InChI is InChI=1S/C12H24N4S/c1-5-10(3)17-8-11(14-13)7-12-6-9(2)15-16(12)4/h6,10-11,14H,5,7-8,13H2,1-4H3. The summed E-state index contributed by atoms with van der Waals surface area (Å²) in [5, 5.41) is 5.04. The Morgan fingerprint density at radius 2 is 2.29 bits per heavy atom. The van der Waals surface area contributed by atoms with Crippen LogP contribution in [0.25, 0.3) is 0 Å². The highest BCUT2D eigenvalue weighted by Crippen LogP contribution is 2.16. The molecule has 0 aromatic carbocycles. The third-order valence-corrected chi connectivity index (χ3v) is 4.44. The molecule has 2 atom stereocenters. The molecular weight excluding hydrogens is 232 g/mol. The summed E-state index contributed by atoms with van der Waals surface area (Å²) in [5.74, 6) is 6.65.